The van der Waals surface area contributed by atoms with E-state index in [0.29, 0.717) is 41.6 Å². The predicted molar refractivity (Wildman–Crippen MR) is 137 cm³/mol. The highest BCUT2D eigenvalue weighted by Crippen LogP contribution is 2.60. The maximum atomic E-state index is 13.6. The Balaban J connectivity index is 1.40. The van der Waals surface area contributed by atoms with Crippen molar-refractivity contribution in [3.8, 4) is 5.88 Å². The van der Waals surface area contributed by atoms with Gasteiger partial charge >= 0.3 is 6.18 Å². The van der Waals surface area contributed by atoms with Gasteiger partial charge in [-0.3, -0.25) is 15.1 Å². The van der Waals surface area contributed by atoms with Gasteiger partial charge < -0.3 is 19.7 Å². The minimum Gasteiger partial charge on any atom is -0.474 e. The molecule has 0 radical (unpaired) electrons. The number of halogens is 3. The van der Waals surface area contributed by atoms with Gasteiger partial charge in [-0.1, -0.05) is 0 Å². The Morgan fingerprint density at radius 1 is 1.26 bits per heavy atom. The van der Waals surface area contributed by atoms with Gasteiger partial charge in [-0.05, 0) is 58.4 Å². The van der Waals surface area contributed by atoms with Crippen molar-refractivity contribution in [2.24, 2.45) is 0 Å². The van der Waals surface area contributed by atoms with Crippen molar-refractivity contribution in [2.75, 3.05) is 23.8 Å². The van der Waals surface area contributed by atoms with Crippen LogP contribution in [0.2, 0.25) is 0 Å². The summed E-state index contributed by atoms with van der Waals surface area (Å²) in [4.78, 5) is 29.5. The standard InChI is InChI=1S/C26H32F3N7O3/c1-15(2)35(14-26(27,28)29)24(30)38-13-18-33-21(31-3)20-22(34-18)36(23(37)25(20)10-11-25)16-8-9-19(32-12-16)39-17-6-4-5-7-17/h8-9,12,15,17,30H,4-7,10-11,13-14H2,1-3H3,(H,31,33,34). The zero-order chi connectivity index (χ0) is 27.9. The van der Waals surface area contributed by atoms with E-state index < -0.39 is 30.2 Å². The minimum absolute atomic E-state index is 0.128. The van der Waals surface area contributed by atoms with Gasteiger partial charge in [0.05, 0.1) is 22.9 Å². The molecule has 0 saturated heterocycles. The molecule has 1 amide bonds. The summed E-state index contributed by atoms with van der Waals surface area (Å²) in [5.41, 5.74) is 0.487. The molecule has 0 aromatic carbocycles. The Hall–Kier alpha value is -3.64. The van der Waals surface area contributed by atoms with Gasteiger partial charge in [0.1, 0.15) is 24.3 Å². The van der Waals surface area contributed by atoms with Crippen LogP contribution >= 0.6 is 0 Å². The molecule has 2 N–H and O–H groups in total. The average Bonchev–Trinajstić information content (AvgIpc) is 3.46. The van der Waals surface area contributed by atoms with Crippen LogP contribution in [0, 0.1) is 5.41 Å². The van der Waals surface area contributed by atoms with Crippen LogP contribution in [0.4, 0.5) is 30.5 Å². The summed E-state index contributed by atoms with van der Waals surface area (Å²) in [7, 11) is 1.68. The maximum Gasteiger partial charge on any atom is 0.406 e. The molecule has 210 valence electrons. The Morgan fingerprint density at radius 3 is 2.54 bits per heavy atom. The summed E-state index contributed by atoms with van der Waals surface area (Å²) >= 11 is 0. The highest BCUT2D eigenvalue weighted by Gasteiger charge is 2.62. The zero-order valence-corrected chi connectivity index (χ0v) is 22.1. The van der Waals surface area contributed by atoms with Crippen LogP contribution in [-0.2, 0) is 21.6 Å². The van der Waals surface area contributed by atoms with E-state index in [9.17, 15) is 18.0 Å². The van der Waals surface area contributed by atoms with Crippen LogP contribution < -0.4 is 15.0 Å². The lowest BCUT2D eigenvalue weighted by atomic mass is 9.99. The molecule has 2 aliphatic carbocycles. The lowest BCUT2D eigenvalue weighted by Crippen LogP contribution is -2.43. The lowest BCUT2D eigenvalue weighted by molar-refractivity contribution is -0.142. The SMILES string of the molecule is CNc1nc(COC(=N)N(CC(F)(F)F)C(C)C)nc2c1C1(CC1)C(=O)N2c1ccc(OC2CCCC2)nc1. The molecule has 3 heterocycles. The second-order valence-corrected chi connectivity index (χ2v) is 10.5. The largest absolute Gasteiger partial charge is 0.474 e. The number of aromatic nitrogens is 3. The lowest BCUT2D eigenvalue weighted by Gasteiger charge is -2.29. The Labute approximate surface area is 224 Å². The van der Waals surface area contributed by atoms with Crippen LogP contribution in [0.5, 0.6) is 5.88 Å². The van der Waals surface area contributed by atoms with E-state index in [0.717, 1.165) is 30.6 Å². The molecule has 0 bridgehead atoms. The van der Waals surface area contributed by atoms with Crippen molar-refractivity contribution in [1.29, 1.82) is 5.41 Å². The number of rotatable bonds is 8. The fourth-order valence-corrected chi connectivity index (χ4v) is 5.24. The van der Waals surface area contributed by atoms with Gasteiger partial charge in [0.25, 0.3) is 6.02 Å². The number of amides is 1. The molecule has 5 rings (SSSR count). The summed E-state index contributed by atoms with van der Waals surface area (Å²) in [6.45, 7) is 1.44. The third kappa shape index (κ3) is 5.30. The maximum absolute atomic E-state index is 13.6. The second-order valence-electron chi connectivity index (χ2n) is 10.5. The molecule has 1 aliphatic heterocycles. The Bertz CT molecular complexity index is 1240. The molecule has 39 heavy (non-hydrogen) atoms. The van der Waals surface area contributed by atoms with Gasteiger partial charge in [-0.2, -0.15) is 13.2 Å². The number of alkyl halides is 3. The molecule has 13 heteroatoms. The highest BCUT2D eigenvalue weighted by molar-refractivity contribution is 6.15. The number of carbonyl (C=O) groups excluding carboxylic acids is 1. The molecule has 1 spiro atoms. The molecule has 2 aromatic heterocycles. The second kappa shape index (κ2) is 10.2. The third-order valence-electron chi connectivity index (χ3n) is 7.37. The van der Waals surface area contributed by atoms with Crippen LogP contribution in [0.1, 0.15) is 63.8 Å². The molecule has 0 unspecified atom stereocenters. The summed E-state index contributed by atoms with van der Waals surface area (Å²) < 4.78 is 50.4. The number of hydrogen-bond donors (Lipinski definition) is 2. The summed E-state index contributed by atoms with van der Waals surface area (Å²) in [6, 6.07) is 2.27. The van der Waals surface area contributed by atoms with Gasteiger partial charge in [0, 0.05) is 19.2 Å². The van der Waals surface area contributed by atoms with E-state index in [4.69, 9.17) is 14.9 Å². The smallest absolute Gasteiger partial charge is 0.406 e. The van der Waals surface area contributed by atoms with E-state index in [1.165, 1.54) is 4.90 Å². The van der Waals surface area contributed by atoms with Crippen LogP contribution in [0.15, 0.2) is 18.3 Å². The quantitative estimate of drug-likeness (QED) is 0.362. The summed E-state index contributed by atoms with van der Waals surface area (Å²) in [5, 5.41) is 11.1. The van der Waals surface area contributed by atoms with Crippen LogP contribution in [-0.4, -0.2) is 63.7 Å². The van der Waals surface area contributed by atoms with Crippen molar-refractivity contribution in [3.05, 3.63) is 29.7 Å². The number of nitrogens with one attached hydrogen (secondary N) is 2. The first-order valence-corrected chi connectivity index (χ1v) is 13.1. The first-order chi connectivity index (χ1) is 18.5. The number of pyridine rings is 1. The van der Waals surface area contributed by atoms with E-state index in [1.54, 1.807) is 39.2 Å². The van der Waals surface area contributed by atoms with E-state index in [-0.39, 0.29) is 24.4 Å². The number of fused-ring (bicyclic) bond motifs is 2. The molecule has 3 aliphatic rings. The first kappa shape index (κ1) is 26.9. The van der Waals surface area contributed by atoms with Gasteiger partial charge in [0.15, 0.2) is 12.4 Å². The molecule has 2 saturated carbocycles. The Kier molecular flexibility index (Phi) is 7.02. The van der Waals surface area contributed by atoms with Gasteiger partial charge in [-0.15, -0.1) is 0 Å². The van der Waals surface area contributed by atoms with Crippen LogP contribution in [0.3, 0.4) is 0 Å². The molecule has 2 fully saturated rings. The highest BCUT2D eigenvalue weighted by atomic mass is 19.4. The molecule has 2 aromatic rings. The first-order valence-electron chi connectivity index (χ1n) is 13.1. The van der Waals surface area contributed by atoms with Crippen LogP contribution in [0.25, 0.3) is 0 Å². The van der Waals surface area contributed by atoms with Crippen molar-refractivity contribution in [2.45, 2.75) is 82.7 Å². The van der Waals surface area contributed by atoms with Crippen molar-refractivity contribution < 1.29 is 27.4 Å². The molecular formula is C26H32F3N7O3. The number of carbonyl (C=O) groups is 1. The summed E-state index contributed by atoms with van der Waals surface area (Å²) in [6.07, 6.45) is 2.84. The number of amidine groups is 1. The normalized spacial score (nSPS) is 18.0. The van der Waals surface area contributed by atoms with Gasteiger partial charge in [-0.25, -0.2) is 15.0 Å². The fourth-order valence-electron chi connectivity index (χ4n) is 5.24. The third-order valence-corrected chi connectivity index (χ3v) is 7.37. The Morgan fingerprint density at radius 2 is 1.97 bits per heavy atom. The fraction of sp³-hybridized carbons (Fsp3) is 0.577. The number of hydrogen-bond acceptors (Lipinski definition) is 8. The molecular weight excluding hydrogens is 515 g/mol. The van der Waals surface area contributed by atoms with E-state index in [2.05, 4.69) is 20.3 Å². The van der Waals surface area contributed by atoms with E-state index in [1.807, 2.05) is 0 Å². The number of ether oxygens (including phenoxy) is 2. The van der Waals surface area contributed by atoms with E-state index >= 15 is 0 Å². The summed E-state index contributed by atoms with van der Waals surface area (Å²) in [5.74, 6) is 1.33. The topological polar surface area (TPSA) is 117 Å². The number of anilines is 3. The average molecular weight is 548 g/mol. The monoisotopic (exact) mass is 547 g/mol. The van der Waals surface area contributed by atoms with Crippen molar-refractivity contribution in [1.82, 2.24) is 19.9 Å². The predicted octanol–water partition coefficient (Wildman–Crippen LogP) is 4.67. The molecule has 0 atom stereocenters. The molecule has 10 nitrogen and oxygen atoms in total. The van der Waals surface area contributed by atoms with Gasteiger partial charge in [0.2, 0.25) is 11.8 Å². The van der Waals surface area contributed by atoms with Crippen molar-refractivity contribution >= 4 is 29.3 Å². The van der Waals surface area contributed by atoms with Crippen molar-refractivity contribution in [3.63, 3.8) is 0 Å². The minimum atomic E-state index is -4.49. The zero-order valence-electron chi connectivity index (χ0n) is 22.1. The number of nitrogens with zero attached hydrogens (tertiary/aromatic N) is 5.